The van der Waals surface area contributed by atoms with Crippen LogP contribution in [-0.2, 0) is 18.0 Å². The molecule has 32 heavy (non-hydrogen) atoms. The highest BCUT2D eigenvalue weighted by Crippen LogP contribution is 2.29. The van der Waals surface area contributed by atoms with Crippen molar-refractivity contribution >= 4 is 11.5 Å². The molecule has 1 saturated heterocycles. The Bertz CT molecular complexity index is 1100. The smallest absolute Gasteiger partial charge is 0.345 e. The van der Waals surface area contributed by atoms with Gasteiger partial charge in [0.1, 0.15) is 18.2 Å². The predicted octanol–water partition coefficient (Wildman–Crippen LogP) is 0.665. The van der Waals surface area contributed by atoms with Gasteiger partial charge in [-0.1, -0.05) is 0 Å². The lowest BCUT2D eigenvalue weighted by Gasteiger charge is -2.36. The van der Waals surface area contributed by atoms with Crippen LogP contribution in [0.4, 0.5) is 11.5 Å². The molecule has 0 aliphatic carbocycles. The van der Waals surface area contributed by atoms with Crippen molar-refractivity contribution < 1.29 is 9.47 Å². The Hall–Kier alpha value is -3.31. The molecular formula is C21H28N8O3. The molecule has 0 unspecified atom stereocenters. The number of fused-ring (bicyclic) bond motifs is 3. The zero-order valence-corrected chi connectivity index (χ0v) is 18.2. The van der Waals surface area contributed by atoms with Gasteiger partial charge in [-0.15, -0.1) is 0 Å². The topological polar surface area (TPSA) is 105 Å². The number of piperazine rings is 1. The van der Waals surface area contributed by atoms with Crippen molar-refractivity contribution in [1.29, 1.82) is 0 Å². The Kier molecular flexibility index (Phi) is 5.82. The molecule has 0 bridgehead atoms. The number of anilines is 2. The number of ether oxygens (including phenoxy) is 2. The standard InChI is InChI=1S/C21H28N8O3/c1-31-12-13-32-17-4-2-16(3-5-17)27-9-6-26(7-10-27)8-11-29-19-18(14-23-29)20-24-25-21(30)28(20)15-22-19/h2-5,14,22H,6-13,15H2,1H3,(H,25,30). The Morgan fingerprint density at radius 1 is 1.06 bits per heavy atom. The van der Waals surface area contributed by atoms with Crippen LogP contribution in [-0.4, -0.2) is 82.5 Å². The van der Waals surface area contributed by atoms with E-state index < -0.39 is 0 Å². The van der Waals surface area contributed by atoms with E-state index >= 15 is 0 Å². The number of nitrogens with zero attached hydrogens (tertiary/aromatic N) is 6. The number of rotatable bonds is 8. The molecule has 3 aromatic rings. The van der Waals surface area contributed by atoms with Gasteiger partial charge in [-0.2, -0.15) is 10.2 Å². The predicted molar refractivity (Wildman–Crippen MR) is 120 cm³/mol. The summed E-state index contributed by atoms with van der Waals surface area (Å²) in [5.41, 5.74) is 1.87. The van der Waals surface area contributed by atoms with Gasteiger partial charge < -0.3 is 19.7 Å². The Morgan fingerprint density at radius 3 is 2.66 bits per heavy atom. The maximum Gasteiger partial charge on any atom is 0.345 e. The summed E-state index contributed by atoms with van der Waals surface area (Å²) in [6.45, 7) is 7.23. The van der Waals surface area contributed by atoms with Crippen LogP contribution >= 0.6 is 0 Å². The fraction of sp³-hybridized carbons (Fsp3) is 0.476. The fourth-order valence-electron chi connectivity index (χ4n) is 4.19. The summed E-state index contributed by atoms with van der Waals surface area (Å²) in [5, 5.41) is 14.4. The number of hydrogen-bond donors (Lipinski definition) is 2. The number of hydrogen-bond acceptors (Lipinski definition) is 8. The highest BCUT2D eigenvalue weighted by molar-refractivity contribution is 5.71. The molecule has 1 fully saturated rings. The zero-order chi connectivity index (χ0) is 21.9. The van der Waals surface area contributed by atoms with Crippen molar-refractivity contribution in [3.63, 3.8) is 0 Å². The minimum Gasteiger partial charge on any atom is -0.491 e. The van der Waals surface area contributed by atoms with Crippen LogP contribution < -0.4 is 20.6 Å². The summed E-state index contributed by atoms with van der Waals surface area (Å²) in [6.07, 6.45) is 1.77. The number of aromatic amines is 1. The molecule has 11 nitrogen and oxygen atoms in total. The summed E-state index contributed by atoms with van der Waals surface area (Å²) in [4.78, 5) is 16.6. The maximum atomic E-state index is 11.8. The first-order chi connectivity index (χ1) is 15.7. The lowest BCUT2D eigenvalue weighted by molar-refractivity contribution is 0.146. The summed E-state index contributed by atoms with van der Waals surface area (Å²) < 4.78 is 14.2. The van der Waals surface area contributed by atoms with E-state index in [9.17, 15) is 4.79 Å². The summed E-state index contributed by atoms with van der Waals surface area (Å²) >= 11 is 0. The average Bonchev–Trinajstić information content (AvgIpc) is 3.42. The van der Waals surface area contributed by atoms with Crippen molar-refractivity contribution in [2.45, 2.75) is 13.2 Å². The third-order valence-corrected chi connectivity index (χ3v) is 6.00. The Balaban J connectivity index is 1.13. The third kappa shape index (κ3) is 4.08. The second-order valence-electron chi connectivity index (χ2n) is 7.91. The summed E-state index contributed by atoms with van der Waals surface area (Å²) in [7, 11) is 1.67. The maximum absolute atomic E-state index is 11.8. The second kappa shape index (κ2) is 9.05. The molecule has 0 saturated carbocycles. The van der Waals surface area contributed by atoms with Gasteiger partial charge in [0, 0.05) is 45.5 Å². The van der Waals surface area contributed by atoms with E-state index in [1.165, 1.54) is 5.69 Å². The summed E-state index contributed by atoms with van der Waals surface area (Å²) in [5.74, 6) is 2.43. The molecule has 2 aliphatic rings. The monoisotopic (exact) mass is 440 g/mol. The first-order valence-electron chi connectivity index (χ1n) is 10.9. The third-order valence-electron chi connectivity index (χ3n) is 6.00. The van der Waals surface area contributed by atoms with Crippen LogP contribution in [0.2, 0.25) is 0 Å². The van der Waals surface area contributed by atoms with E-state index in [-0.39, 0.29) is 5.69 Å². The lowest BCUT2D eigenvalue weighted by Crippen LogP contribution is -2.47. The second-order valence-corrected chi connectivity index (χ2v) is 7.91. The van der Waals surface area contributed by atoms with Crippen molar-refractivity contribution in [3.8, 4) is 17.1 Å². The molecule has 0 spiro atoms. The molecule has 5 rings (SSSR count). The number of H-pyrrole nitrogens is 1. The van der Waals surface area contributed by atoms with Crippen molar-refractivity contribution in [2.75, 3.05) is 63.3 Å². The van der Waals surface area contributed by atoms with E-state index in [0.29, 0.717) is 25.7 Å². The largest absolute Gasteiger partial charge is 0.491 e. The highest BCUT2D eigenvalue weighted by atomic mass is 16.5. The van der Waals surface area contributed by atoms with Gasteiger partial charge in [0.25, 0.3) is 0 Å². The van der Waals surface area contributed by atoms with Gasteiger partial charge in [-0.05, 0) is 24.3 Å². The molecule has 0 atom stereocenters. The minimum absolute atomic E-state index is 0.211. The van der Waals surface area contributed by atoms with Crippen LogP contribution in [0.15, 0.2) is 35.3 Å². The van der Waals surface area contributed by atoms with E-state index in [4.69, 9.17) is 9.47 Å². The summed E-state index contributed by atoms with van der Waals surface area (Å²) in [6, 6.07) is 8.27. The van der Waals surface area contributed by atoms with E-state index in [1.807, 2.05) is 16.8 Å². The van der Waals surface area contributed by atoms with Crippen LogP contribution in [0.3, 0.4) is 0 Å². The SMILES string of the molecule is COCCOc1ccc(N2CCN(CCn3ncc4c3NCn3c-4n[nH]c3=O)CC2)cc1. The van der Waals surface area contributed by atoms with Gasteiger partial charge >= 0.3 is 5.69 Å². The van der Waals surface area contributed by atoms with E-state index in [2.05, 4.69) is 42.5 Å². The number of aromatic nitrogens is 5. The highest BCUT2D eigenvalue weighted by Gasteiger charge is 2.24. The van der Waals surface area contributed by atoms with Gasteiger partial charge in [0.2, 0.25) is 0 Å². The van der Waals surface area contributed by atoms with Gasteiger partial charge in [-0.3, -0.25) is 9.47 Å². The van der Waals surface area contributed by atoms with E-state index in [0.717, 1.165) is 56.4 Å². The van der Waals surface area contributed by atoms with Crippen molar-refractivity contribution in [1.82, 2.24) is 29.4 Å². The first kappa shape index (κ1) is 20.6. The number of nitrogens with one attached hydrogen (secondary N) is 2. The Morgan fingerprint density at radius 2 is 1.88 bits per heavy atom. The number of benzene rings is 1. The fourth-order valence-corrected chi connectivity index (χ4v) is 4.19. The molecule has 4 heterocycles. The molecule has 170 valence electrons. The molecule has 0 amide bonds. The normalized spacial score (nSPS) is 15.8. The lowest BCUT2D eigenvalue weighted by atomic mass is 10.2. The quantitative estimate of drug-likeness (QED) is 0.493. The molecule has 2 aromatic heterocycles. The molecule has 11 heteroatoms. The van der Waals surface area contributed by atoms with Crippen LogP contribution in [0.25, 0.3) is 11.4 Å². The van der Waals surface area contributed by atoms with Gasteiger partial charge in [-0.25, -0.2) is 14.6 Å². The van der Waals surface area contributed by atoms with Crippen molar-refractivity contribution in [2.24, 2.45) is 0 Å². The average molecular weight is 441 g/mol. The van der Waals surface area contributed by atoms with E-state index in [1.54, 1.807) is 17.9 Å². The molecular weight excluding hydrogens is 412 g/mol. The Labute approximate surface area is 185 Å². The van der Waals surface area contributed by atoms with Gasteiger partial charge in [0.05, 0.1) is 31.6 Å². The van der Waals surface area contributed by atoms with Crippen LogP contribution in [0, 0.1) is 0 Å². The zero-order valence-electron chi connectivity index (χ0n) is 18.2. The molecule has 2 N–H and O–H groups in total. The molecule has 0 radical (unpaired) electrons. The first-order valence-corrected chi connectivity index (χ1v) is 10.9. The number of methoxy groups -OCH3 is 1. The van der Waals surface area contributed by atoms with Crippen LogP contribution in [0.5, 0.6) is 5.75 Å². The molecule has 2 aliphatic heterocycles. The van der Waals surface area contributed by atoms with Crippen LogP contribution in [0.1, 0.15) is 0 Å². The minimum atomic E-state index is -0.211. The molecule has 1 aromatic carbocycles. The van der Waals surface area contributed by atoms with Gasteiger partial charge in [0.15, 0.2) is 5.82 Å². The van der Waals surface area contributed by atoms with Crippen molar-refractivity contribution in [3.05, 3.63) is 40.9 Å².